The number of carbonyl (C=O) groups excluding carboxylic acids is 1. The van der Waals surface area contributed by atoms with Gasteiger partial charge in [0.2, 0.25) is 0 Å². The van der Waals surface area contributed by atoms with Crippen molar-refractivity contribution in [3.8, 4) is 0 Å². The molecule has 2 N–H and O–H groups in total. The van der Waals surface area contributed by atoms with Crippen LogP contribution in [0.2, 0.25) is 0 Å². The summed E-state index contributed by atoms with van der Waals surface area (Å²) in [6.45, 7) is 5.41. The summed E-state index contributed by atoms with van der Waals surface area (Å²) in [5.74, 6) is 0.103. The van der Waals surface area contributed by atoms with Gasteiger partial charge in [-0.1, -0.05) is 13.8 Å². The fourth-order valence-corrected chi connectivity index (χ4v) is 2.54. The van der Waals surface area contributed by atoms with Gasteiger partial charge in [0.1, 0.15) is 12.2 Å². The number of hydrogen-bond acceptors (Lipinski definition) is 4. The van der Waals surface area contributed by atoms with Gasteiger partial charge in [-0.2, -0.15) is 0 Å². The summed E-state index contributed by atoms with van der Waals surface area (Å²) >= 11 is 0. The number of aliphatic hydroxyl groups is 2. The molecule has 3 atom stereocenters. The lowest BCUT2D eigenvalue weighted by Crippen LogP contribution is -2.44. The lowest BCUT2D eigenvalue weighted by atomic mass is 9.73. The minimum Gasteiger partial charge on any atom is -0.458 e. The van der Waals surface area contributed by atoms with Crippen LogP contribution >= 0.6 is 0 Å². The van der Waals surface area contributed by atoms with Crippen molar-refractivity contribution in [1.29, 1.82) is 0 Å². The zero-order valence-electron chi connectivity index (χ0n) is 10.3. The van der Waals surface area contributed by atoms with Crippen molar-refractivity contribution in [1.82, 2.24) is 0 Å². The maximum atomic E-state index is 11.1. The molecule has 1 rings (SSSR count). The molecule has 0 radical (unpaired) electrons. The molecule has 1 aliphatic carbocycles. The van der Waals surface area contributed by atoms with Crippen LogP contribution in [0.5, 0.6) is 0 Å². The predicted molar refractivity (Wildman–Crippen MR) is 59.8 cm³/mol. The van der Waals surface area contributed by atoms with Crippen molar-refractivity contribution in [2.24, 2.45) is 11.8 Å². The molecule has 0 heterocycles. The quantitative estimate of drug-likeness (QED) is 0.712. The van der Waals surface area contributed by atoms with Gasteiger partial charge in [-0.15, -0.1) is 0 Å². The van der Waals surface area contributed by atoms with Crippen LogP contribution in [-0.4, -0.2) is 34.5 Å². The minimum absolute atomic E-state index is 0.279. The number of ether oxygens (including phenoxy) is 1. The van der Waals surface area contributed by atoms with Crippen LogP contribution in [0, 0.1) is 11.8 Å². The summed E-state index contributed by atoms with van der Waals surface area (Å²) in [5.41, 5.74) is -0.620. The molecule has 0 aromatic carbocycles. The van der Waals surface area contributed by atoms with E-state index in [2.05, 4.69) is 13.8 Å². The molecule has 4 nitrogen and oxygen atoms in total. The first-order chi connectivity index (χ1) is 7.38. The smallest absolute Gasteiger partial charge is 0.332 e. The Kier molecular flexibility index (Phi) is 4.33. The van der Waals surface area contributed by atoms with Gasteiger partial charge in [-0.3, -0.25) is 0 Å². The second kappa shape index (κ2) is 5.15. The Bertz CT molecular complexity index is 251. The fourth-order valence-electron chi connectivity index (χ4n) is 2.54. The second-order valence-corrected chi connectivity index (χ2v) is 5.30. The monoisotopic (exact) mass is 230 g/mol. The van der Waals surface area contributed by atoms with Gasteiger partial charge in [0, 0.05) is 6.42 Å². The zero-order valence-corrected chi connectivity index (χ0v) is 10.3. The third kappa shape index (κ3) is 3.19. The highest BCUT2D eigenvalue weighted by atomic mass is 16.6. The van der Waals surface area contributed by atoms with Crippen molar-refractivity contribution in [2.45, 2.75) is 51.7 Å². The zero-order chi connectivity index (χ0) is 12.3. The standard InChI is InChI=1S/C12H22O4/c1-8(2)9-4-5-12(3,6-10(9)14)16-11(15)7-13/h8-10,13-14H,4-7H2,1-3H3/t9-,10+,12+/m0/s1. The summed E-state index contributed by atoms with van der Waals surface area (Å²) < 4.78 is 5.18. The highest BCUT2D eigenvalue weighted by molar-refractivity contribution is 5.70. The molecule has 1 aliphatic rings. The topological polar surface area (TPSA) is 66.8 Å². The van der Waals surface area contributed by atoms with Gasteiger partial charge in [0.25, 0.3) is 0 Å². The average Bonchev–Trinajstić information content (AvgIpc) is 2.16. The van der Waals surface area contributed by atoms with E-state index >= 15 is 0 Å². The van der Waals surface area contributed by atoms with Crippen LogP contribution in [0.15, 0.2) is 0 Å². The lowest BCUT2D eigenvalue weighted by Gasteiger charge is -2.41. The summed E-state index contributed by atoms with van der Waals surface area (Å²) in [6, 6.07) is 0. The third-order valence-corrected chi connectivity index (χ3v) is 3.49. The molecular formula is C12H22O4. The summed E-state index contributed by atoms with van der Waals surface area (Å²) in [4.78, 5) is 11.1. The largest absolute Gasteiger partial charge is 0.458 e. The molecule has 0 spiro atoms. The average molecular weight is 230 g/mol. The molecule has 94 valence electrons. The summed E-state index contributed by atoms with van der Waals surface area (Å²) in [5, 5.41) is 18.7. The van der Waals surface area contributed by atoms with Crippen LogP contribution in [0.25, 0.3) is 0 Å². The highest BCUT2D eigenvalue weighted by Gasteiger charge is 2.40. The molecule has 0 aromatic rings. The molecule has 0 amide bonds. The van der Waals surface area contributed by atoms with Gasteiger partial charge in [-0.25, -0.2) is 4.79 Å². The number of esters is 1. The third-order valence-electron chi connectivity index (χ3n) is 3.49. The van der Waals surface area contributed by atoms with E-state index in [0.717, 1.165) is 12.8 Å². The van der Waals surface area contributed by atoms with E-state index in [1.54, 1.807) is 0 Å². The molecular weight excluding hydrogens is 208 g/mol. The van der Waals surface area contributed by atoms with E-state index in [0.29, 0.717) is 12.3 Å². The van der Waals surface area contributed by atoms with Crippen molar-refractivity contribution < 1.29 is 19.7 Å². The van der Waals surface area contributed by atoms with Gasteiger partial charge in [0.15, 0.2) is 0 Å². The van der Waals surface area contributed by atoms with E-state index in [1.807, 2.05) is 6.92 Å². The van der Waals surface area contributed by atoms with Gasteiger partial charge in [0.05, 0.1) is 6.10 Å². The van der Waals surface area contributed by atoms with Crippen LogP contribution in [0.3, 0.4) is 0 Å². The molecule has 4 heteroatoms. The minimum atomic E-state index is -0.620. The first-order valence-corrected chi connectivity index (χ1v) is 5.89. The van der Waals surface area contributed by atoms with E-state index in [9.17, 15) is 9.90 Å². The molecule has 0 bridgehead atoms. The lowest BCUT2D eigenvalue weighted by molar-refractivity contribution is -0.171. The van der Waals surface area contributed by atoms with Crippen molar-refractivity contribution >= 4 is 5.97 Å². The van der Waals surface area contributed by atoms with E-state index in [-0.39, 0.29) is 5.92 Å². The van der Waals surface area contributed by atoms with Crippen molar-refractivity contribution in [2.75, 3.05) is 6.61 Å². The van der Waals surface area contributed by atoms with Crippen LogP contribution < -0.4 is 0 Å². The fraction of sp³-hybridized carbons (Fsp3) is 0.917. The Labute approximate surface area is 96.6 Å². The normalized spacial score (nSPS) is 35.1. The Balaban J connectivity index is 2.58. The van der Waals surface area contributed by atoms with E-state index in [1.165, 1.54) is 0 Å². The Morgan fingerprint density at radius 2 is 2.19 bits per heavy atom. The van der Waals surface area contributed by atoms with Gasteiger partial charge in [-0.05, 0) is 31.6 Å². The number of rotatable bonds is 3. The molecule has 1 fully saturated rings. The maximum Gasteiger partial charge on any atom is 0.332 e. The Morgan fingerprint density at radius 1 is 1.56 bits per heavy atom. The SMILES string of the molecule is CC(C)[C@@H]1CC[C@@](C)(OC(=O)CO)C[C@H]1O. The molecule has 0 unspecified atom stereocenters. The molecule has 16 heavy (non-hydrogen) atoms. The van der Waals surface area contributed by atoms with Gasteiger partial charge >= 0.3 is 5.97 Å². The highest BCUT2D eigenvalue weighted by Crippen LogP contribution is 2.38. The van der Waals surface area contributed by atoms with Crippen LogP contribution in [0.1, 0.15) is 40.0 Å². The number of carbonyl (C=O) groups is 1. The number of aliphatic hydroxyl groups excluding tert-OH is 2. The second-order valence-electron chi connectivity index (χ2n) is 5.30. The molecule has 0 saturated heterocycles. The molecule has 0 aromatic heterocycles. The first-order valence-electron chi connectivity index (χ1n) is 5.89. The summed E-state index contributed by atoms with van der Waals surface area (Å²) in [7, 11) is 0. The summed E-state index contributed by atoms with van der Waals surface area (Å²) in [6.07, 6.45) is 1.64. The van der Waals surface area contributed by atoms with Gasteiger partial charge < -0.3 is 14.9 Å². The first kappa shape index (κ1) is 13.5. The molecule has 1 saturated carbocycles. The Hall–Kier alpha value is -0.610. The van der Waals surface area contributed by atoms with E-state index < -0.39 is 24.3 Å². The van der Waals surface area contributed by atoms with Crippen molar-refractivity contribution in [3.63, 3.8) is 0 Å². The number of hydrogen-bond donors (Lipinski definition) is 2. The van der Waals surface area contributed by atoms with E-state index in [4.69, 9.17) is 9.84 Å². The van der Waals surface area contributed by atoms with Crippen LogP contribution in [0.4, 0.5) is 0 Å². The molecule has 0 aliphatic heterocycles. The predicted octanol–water partition coefficient (Wildman–Crippen LogP) is 1.10. The maximum absolute atomic E-state index is 11.1. The Morgan fingerprint density at radius 3 is 2.62 bits per heavy atom. The van der Waals surface area contributed by atoms with Crippen LogP contribution in [-0.2, 0) is 9.53 Å². The van der Waals surface area contributed by atoms with Crippen molar-refractivity contribution in [3.05, 3.63) is 0 Å².